The number of nitrogens with two attached hydrogens (primary N) is 2. The number of aliphatic hydroxyl groups excluding tert-OH is 4. The molecular formula is C43H41N7O12. The van der Waals surface area contributed by atoms with Crippen LogP contribution in [0.4, 0.5) is 11.5 Å². The number of guanidine groups is 1. The minimum atomic E-state index is -1.68. The summed E-state index contributed by atoms with van der Waals surface area (Å²) in [4.78, 5) is 70.9. The van der Waals surface area contributed by atoms with Gasteiger partial charge in [-0.25, -0.2) is 4.98 Å². The molecule has 0 spiro atoms. The van der Waals surface area contributed by atoms with Crippen molar-refractivity contribution in [2.24, 2.45) is 20.7 Å². The molecule has 8 rings (SSSR count). The number of hydrogen-bond acceptors (Lipinski definition) is 18. The number of benzene rings is 3. The SMILES string of the molecule is NC1=NC(=O)C2=NCN(c3ccccc3Cc3cc4c(c(OCC(O)CC=O)c3OC3OC(CO)C(O)C(O)C3OCCc3ccnc(N)c3)C(=O)c3ccccc3C4=O)C2=N1. The Morgan fingerprint density at radius 3 is 2.44 bits per heavy atom. The largest absolute Gasteiger partial charge is 0.486 e. The summed E-state index contributed by atoms with van der Waals surface area (Å²) in [7, 11) is 0. The van der Waals surface area contributed by atoms with E-state index >= 15 is 0 Å². The topological polar surface area (TPSA) is 291 Å². The number of fused-ring (bicyclic) bond motifs is 3. The lowest BCUT2D eigenvalue weighted by Gasteiger charge is -2.42. The smallest absolute Gasteiger partial charge is 0.302 e. The van der Waals surface area contributed by atoms with Crippen LogP contribution in [-0.4, -0.2) is 130 Å². The minimum absolute atomic E-state index is 0.0101. The van der Waals surface area contributed by atoms with E-state index in [1.165, 1.54) is 24.4 Å². The number of aliphatic imine (C=N–C) groups is 3. The first kappa shape index (κ1) is 42.0. The zero-order valence-corrected chi connectivity index (χ0v) is 32.9. The molecule has 0 saturated carbocycles. The number of nitrogen functional groups attached to an aromatic ring is 1. The van der Waals surface area contributed by atoms with Crippen molar-refractivity contribution < 1.29 is 58.6 Å². The van der Waals surface area contributed by atoms with Gasteiger partial charge in [-0.2, -0.15) is 9.98 Å². The molecule has 1 saturated heterocycles. The van der Waals surface area contributed by atoms with E-state index in [0.717, 1.165) is 5.56 Å². The molecule has 320 valence electrons. The van der Waals surface area contributed by atoms with Crippen molar-refractivity contribution in [3.05, 3.63) is 112 Å². The molecule has 1 aromatic heterocycles. The quantitative estimate of drug-likeness (QED) is 0.0771. The van der Waals surface area contributed by atoms with E-state index in [1.807, 2.05) is 0 Å². The average molecular weight is 848 g/mol. The number of ether oxygens (including phenoxy) is 4. The number of pyridine rings is 1. The molecule has 0 radical (unpaired) electrons. The molecule has 8 N–H and O–H groups in total. The second kappa shape index (κ2) is 17.7. The van der Waals surface area contributed by atoms with E-state index in [0.29, 0.717) is 24.0 Å². The third-order valence-corrected chi connectivity index (χ3v) is 10.7. The van der Waals surface area contributed by atoms with Crippen molar-refractivity contribution in [3.63, 3.8) is 0 Å². The molecule has 3 aromatic carbocycles. The molecule has 1 aliphatic carbocycles. The van der Waals surface area contributed by atoms with Gasteiger partial charge in [0.25, 0.3) is 0 Å². The Morgan fingerprint density at radius 1 is 0.919 bits per heavy atom. The first-order chi connectivity index (χ1) is 30.0. The lowest BCUT2D eigenvalue weighted by molar-refractivity contribution is -0.287. The van der Waals surface area contributed by atoms with E-state index < -0.39 is 67.5 Å². The molecule has 6 unspecified atom stereocenters. The molecule has 19 heteroatoms. The number of hydrogen-bond donors (Lipinski definition) is 6. The number of anilines is 2. The Labute approximate surface area is 353 Å². The average Bonchev–Trinajstić information content (AvgIpc) is 3.69. The predicted octanol–water partition coefficient (Wildman–Crippen LogP) is 0.276. The fraction of sp³-hybridized carbons (Fsp3) is 0.302. The minimum Gasteiger partial charge on any atom is -0.486 e. The van der Waals surface area contributed by atoms with Crippen molar-refractivity contribution in [3.8, 4) is 11.5 Å². The highest BCUT2D eigenvalue weighted by Crippen LogP contribution is 2.45. The van der Waals surface area contributed by atoms with Crippen LogP contribution >= 0.6 is 0 Å². The van der Waals surface area contributed by atoms with Crippen molar-refractivity contribution >= 4 is 52.8 Å². The summed E-state index contributed by atoms with van der Waals surface area (Å²) in [5.41, 5.74) is 13.8. The van der Waals surface area contributed by atoms with Crippen molar-refractivity contribution in [2.45, 2.75) is 56.1 Å². The molecule has 0 bridgehead atoms. The van der Waals surface area contributed by atoms with Crippen LogP contribution in [0, 0.1) is 0 Å². The Morgan fingerprint density at radius 2 is 1.68 bits per heavy atom. The third kappa shape index (κ3) is 8.07. The molecule has 4 aliphatic rings. The first-order valence-electron chi connectivity index (χ1n) is 19.6. The molecule has 4 heterocycles. The van der Waals surface area contributed by atoms with Gasteiger partial charge in [0.1, 0.15) is 49.8 Å². The number of nitrogens with zero attached hydrogens (tertiary/aromatic N) is 5. The molecule has 62 heavy (non-hydrogen) atoms. The van der Waals surface area contributed by atoms with Crippen molar-refractivity contribution in [1.29, 1.82) is 0 Å². The van der Waals surface area contributed by atoms with Gasteiger partial charge in [0, 0.05) is 47.0 Å². The maximum Gasteiger partial charge on any atom is 0.302 e. The van der Waals surface area contributed by atoms with Crippen molar-refractivity contribution in [2.75, 3.05) is 37.1 Å². The third-order valence-electron chi connectivity index (χ3n) is 10.7. The number of carbonyl (C=O) groups is 4. The van der Waals surface area contributed by atoms with E-state index in [4.69, 9.17) is 30.4 Å². The highest BCUT2D eigenvalue weighted by atomic mass is 16.7. The van der Waals surface area contributed by atoms with Gasteiger partial charge in [-0.1, -0.05) is 42.5 Å². The van der Waals surface area contributed by atoms with Crippen molar-refractivity contribution in [1.82, 2.24) is 4.98 Å². The van der Waals surface area contributed by atoms with Gasteiger partial charge in [0.2, 0.25) is 12.2 Å². The summed E-state index contributed by atoms with van der Waals surface area (Å²) in [6.45, 7) is -1.32. The van der Waals surface area contributed by atoms with E-state index in [9.17, 15) is 39.6 Å². The number of aldehydes is 1. The second-order valence-corrected chi connectivity index (χ2v) is 14.8. The zero-order valence-electron chi connectivity index (χ0n) is 32.9. The van der Waals surface area contributed by atoms with Crippen LogP contribution in [-0.2, 0) is 31.9 Å². The highest BCUT2D eigenvalue weighted by Gasteiger charge is 2.48. The van der Waals surface area contributed by atoms with Crippen LogP contribution in [0.3, 0.4) is 0 Å². The molecular weight excluding hydrogens is 807 g/mol. The molecule has 1 fully saturated rings. The van der Waals surface area contributed by atoms with Crippen LogP contribution in [0.5, 0.6) is 11.5 Å². The standard InChI is InChI=1S/C43H41N7O12/c44-30-15-21(9-12-46-30)11-14-59-39-36(57)35(56)29(18-52)61-42(39)62-37-23(16-22-5-1-4-8-28(22)50-20-47-32-40(50)48-43(45)49-41(32)58)17-27-31(38(37)60-19-24(53)10-13-51)34(55)26-7-3-2-6-25(26)33(27)54/h1-9,12-13,15,17,24,29,35-36,39,42,52-53,56-57H,10-11,14,16,18-20H2,(H2,44,46)(H2,45,49,58). The Bertz CT molecular complexity index is 2540. The monoisotopic (exact) mass is 847 g/mol. The molecule has 1 amide bonds. The van der Waals surface area contributed by atoms with Gasteiger partial charge < -0.3 is 60.5 Å². The number of carbonyl (C=O) groups excluding carboxylic acids is 4. The number of aliphatic hydroxyl groups is 4. The van der Waals surface area contributed by atoms with Gasteiger partial charge in [0.05, 0.1) is 24.9 Å². The summed E-state index contributed by atoms with van der Waals surface area (Å²) in [5, 5.41) is 43.4. The summed E-state index contributed by atoms with van der Waals surface area (Å²) < 4.78 is 25.1. The molecule has 4 aromatic rings. The normalized spacial score (nSPS) is 22.2. The summed E-state index contributed by atoms with van der Waals surface area (Å²) in [6.07, 6.45) is -7.13. The highest BCUT2D eigenvalue weighted by molar-refractivity contribution is 6.72. The Hall–Kier alpha value is -6.74. The number of rotatable bonds is 15. The number of amidine groups is 1. The van der Waals surface area contributed by atoms with Gasteiger partial charge >= 0.3 is 5.91 Å². The molecule has 3 aliphatic heterocycles. The van der Waals surface area contributed by atoms with Gasteiger partial charge in [-0.3, -0.25) is 19.4 Å². The van der Waals surface area contributed by atoms with Gasteiger partial charge in [-0.05, 0) is 41.8 Å². The fourth-order valence-corrected chi connectivity index (χ4v) is 7.71. The lowest BCUT2D eigenvalue weighted by atomic mass is 9.81. The lowest BCUT2D eigenvalue weighted by Crippen LogP contribution is -2.61. The fourth-order valence-electron chi connectivity index (χ4n) is 7.71. The number of amides is 1. The number of ketones is 2. The Kier molecular flexibility index (Phi) is 12.0. The molecule has 6 atom stereocenters. The van der Waals surface area contributed by atoms with E-state index in [1.54, 1.807) is 53.4 Å². The van der Waals surface area contributed by atoms with Crippen LogP contribution in [0.1, 0.15) is 55.0 Å². The zero-order chi connectivity index (χ0) is 43.7. The van der Waals surface area contributed by atoms with Crippen LogP contribution in [0.2, 0.25) is 0 Å². The van der Waals surface area contributed by atoms with Crippen LogP contribution < -0.4 is 25.8 Å². The van der Waals surface area contributed by atoms with Crippen LogP contribution in [0.15, 0.2) is 87.9 Å². The summed E-state index contributed by atoms with van der Waals surface area (Å²) in [5.74, 6) is -2.03. The van der Waals surface area contributed by atoms with E-state index in [-0.39, 0.29) is 88.8 Å². The summed E-state index contributed by atoms with van der Waals surface area (Å²) in [6, 6.07) is 18.1. The first-order valence-corrected chi connectivity index (χ1v) is 19.6. The maximum atomic E-state index is 14.5. The molecule has 19 nitrogen and oxygen atoms in total. The van der Waals surface area contributed by atoms with Gasteiger partial charge in [0.15, 0.2) is 34.6 Å². The predicted molar refractivity (Wildman–Crippen MR) is 221 cm³/mol. The van der Waals surface area contributed by atoms with Crippen LogP contribution in [0.25, 0.3) is 0 Å². The Balaban J connectivity index is 1.26. The number of aromatic nitrogens is 1. The summed E-state index contributed by atoms with van der Waals surface area (Å²) >= 11 is 0. The van der Waals surface area contributed by atoms with Gasteiger partial charge in [-0.15, -0.1) is 0 Å². The van der Waals surface area contributed by atoms with E-state index in [2.05, 4.69) is 20.0 Å². The number of para-hydroxylation sites is 1. The second-order valence-electron chi connectivity index (χ2n) is 14.8. The maximum absolute atomic E-state index is 14.5.